The molecule has 0 bridgehead atoms. The molecule has 4 aromatic rings. The van der Waals surface area contributed by atoms with Gasteiger partial charge < -0.3 is 23.7 Å². The highest BCUT2D eigenvalue weighted by Crippen LogP contribution is 2.38. The predicted octanol–water partition coefficient (Wildman–Crippen LogP) is 4.01. The number of nitrogens with zero attached hydrogens (tertiary/aromatic N) is 2. The number of rotatable bonds is 10. The fourth-order valence-corrected chi connectivity index (χ4v) is 5.95. The van der Waals surface area contributed by atoms with Crippen LogP contribution in [0.2, 0.25) is 0 Å². The van der Waals surface area contributed by atoms with Crippen molar-refractivity contribution < 1.29 is 32.2 Å². The Balaban J connectivity index is 1.31. The zero-order valence-corrected chi connectivity index (χ0v) is 22.9. The van der Waals surface area contributed by atoms with Gasteiger partial charge >= 0.3 is 0 Å². The van der Waals surface area contributed by atoms with Crippen LogP contribution in [-0.2, 0) is 36.4 Å². The SMILES string of the molecule is COC1(c2nc(COCC(O)c3nc(-c4ccccc4)c(-c4ccc(S(N)(=O)=O)cc4)o3)cs2)CCOCC1. The zero-order chi connectivity index (χ0) is 27.5. The fraction of sp³-hybridized carbons (Fsp3) is 0.333. The lowest BCUT2D eigenvalue weighted by Crippen LogP contribution is -2.35. The van der Waals surface area contributed by atoms with Crippen molar-refractivity contribution in [2.45, 2.75) is 36.0 Å². The molecule has 3 N–H and O–H groups in total. The average molecular weight is 572 g/mol. The molecule has 39 heavy (non-hydrogen) atoms. The molecular weight excluding hydrogens is 542 g/mol. The minimum atomic E-state index is -3.84. The number of nitrogens with two attached hydrogens (primary N) is 1. The van der Waals surface area contributed by atoms with E-state index in [9.17, 15) is 13.5 Å². The molecule has 0 aliphatic carbocycles. The van der Waals surface area contributed by atoms with Gasteiger partial charge in [-0.05, 0) is 24.3 Å². The zero-order valence-electron chi connectivity index (χ0n) is 21.3. The van der Waals surface area contributed by atoms with Crippen molar-refractivity contribution in [2.24, 2.45) is 5.14 Å². The van der Waals surface area contributed by atoms with E-state index in [0.717, 1.165) is 29.1 Å². The van der Waals surface area contributed by atoms with Gasteiger partial charge in [-0.2, -0.15) is 0 Å². The lowest BCUT2D eigenvalue weighted by molar-refractivity contribution is -0.0950. The maximum atomic E-state index is 11.7. The molecule has 2 aromatic carbocycles. The summed E-state index contributed by atoms with van der Waals surface area (Å²) in [4.78, 5) is 9.25. The number of ether oxygens (including phenoxy) is 3. The van der Waals surface area contributed by atoms with E-state index in [1.165, 1.54) is 23.5 Å². The maximum Gasteiger partial charge on any atom is 0.238 e. The van der Waals surface area contributed by atoms with Gasteiger partial charge in [0, 0.05) is 49.7 Å². The Bertz CT molecular complexity index is 1500. The van der Waals surface area contributed by atoms with Crippen LogP contribution in [0.5, 0.6) is 0 Å². The van der Waals surface area contributed by atoms with Crippen LogP contribution in [0.3, 0.4) is 0 Å². The molecule has 0 spiro atoms. The Morgan fingerprint density at radius 3 is 2.46 bits per heavy atom. The van der Waals surface area contributed by atoms with E-state index in [2.05, 4.69) is 4.98 Å². The second-order valence-corrected chi connectivity index (χ2v) is 11.6. The topological polar surface area (TPSA) is 147 Å². The number of oxazole rings is 1. The first-order chi connectivity index (χ1) is 18.8. The number of thiazole rings is 1. The van der Waals surface area contributed by atoms with Crippen LogP contribution in [0, 0.1) is 0 Å². The van der Waals surface area contributed by atoms with E-state index >= 15 is 0 Å². The predicted molar refractivity (Wildman–Crippen MR) is 144 cm³/mol. The van der Waals surface area contributed by atoms with Gasteiger partial charge in [0.25, 0.3) is 0 Å². The highest BCUT2D eigenvalue weighted by atomic mass is 32.2. The van der Waals surface area contributed by atoms with Gasteiger partial charge in [-0.3, -0.25) is 0 Å². The highest BCUT2D eigenvalue weighted by molar-refractivity contribution is 7.89. The molecule has 1 fully saturated rings. The summed E-state index contributed by atoms with van der Waals surface area (Å²) in [6.07, 6.45) is 0.359. The summed E-state index contributed by atoms with van der Waals surface area (Å²) in [7, 11) is -2.14. The van der Waals surface area contributed by atoms with Gasteiger partial charge in [0.2, 0.25) is 15.9 Å². The number of aliphatic hydroxyl groups is 1. The summed E-state index contributed by atoms with van der Waals surface area (Å²) in [5, 5.41) is 18.9. The van der Waals surface area contributed by atoms with Crippen LogP contribution in [0.4, 0.5) is 0 Å². The number of sulfonamides is 1. The smallest absolute Gasteiger partial charge is 0.238 e. The molecule has 3 heterocycles. The van der Waals surface area contributed by atoms with Crippen LogP contribution in [0.25, 0.3) is 22.6 Å². The highest BCUT2D eigenvalue weighted by Gasteiger charge is 2.37. The van der Waals surface area contributed by atoms with Crippen molar-refractivity contribution in [1.29, 1.82) is 0 Å². The van der Waals surface area contributed by atoms with Crippen molar-refractivity contribution >= 4 is 21.4 Å². The fourth-order valence-electron chi connectivity index (χ4n) is 4.40. The summed E-state index contributed by atoms with van der Waals surface area (Å²) in [6, 6.07) is 15.3. The molecule has 5 rings (SSSR count). The Kier molecular flexibility index (Phi) is 8.24. The standard InChI is InChI=1S/C27H29N3O7S2/c1-34-27(11-13-35-14-12-27)26-29-20(17-38-26)15-36-16-22(31)25-30-23(18-5-3-2-4-6-18)24(37-25)19-7-9-21(10-8-19)39(28,32)33/h2-10,17,22,31H,11-16H2,1H3,(H2,28,32,33). The molecular formula is C27H29N3O7S2. The van der Waals surface area contributed by atoms with Crippen molar-refractivity contribution in [2.75, 3.05) is 26.9 Å². The van der Waals surface area contributed by atoms with Crippen molar-refractivity contribution in [3.05, 3.63) is 76.6 Å². The van der Waals surface area contributed by atoms with E-state index in [4.69, 9.17) is 28.8 Å². The van der Waals surface area contributed by atoms with E-state index in [0.29, 0.717) is 30.2 Å². The molecule has 1 aliphatic rings. The van der Waals surface area contributed by atoms with Crippen LogP contribution in [0.1, 0.15) is 35.5 Å². The van der Waals surface area contributed by atoms with Crippen molar-refractivity contribution in [3.63, 3.8) is 0 Å². The van der Waals surface area contributed by atoms with Gasteiger partial charge in [-0.15, -0.1) is 11.3 Å². The normalized spacial score (nSPS) is 16.3. The minimum absolute atomic E-state index is 0.0147. The third-order valence-electron chi connectivity index (χ3n) is 6.58. The lowest BCUT2D eigenvalue weighted by Gasteiger charge is -2.33. The molecule has 1 aliphatic heterocycles. The summed E-state index contributed by atoms with van der Waals surface area (Å²) in [5.74, 6) is 0.473. The van der Waals surface area contributed by atoms with E-state index in [1.54, 1.807) is 19.2 Å². The number of benzene rings is 2. The molecule has 12 heteroatoms. The van der Waals surface area contributed by atoms with Gasteiger partial charge in [-0.25, -0.2) is 23.5 Å². The van der Waals surface area contributed by atoms with Gasteiger partial charge in [0.1, 0.15) is 16.3 Å². The molecule has 1 saturated heterocycles. The average Bonchev–Trinajstić information content (AvgIpc) is 3.62. The number of hydrogen-bond donors (Lipinski definition) is 2. The lowest BCUT2D eigenvalue weighted by atomic mass is 9.95. The van der Waals surface area contributed by atoms with Crippen LogP contribution in [-0.4, -0.2) is 50.4 Å². The summed E-state index contributed by atoms with van der Waals surface area (Å²) < 4.78 is 46.4. The number of hydrogen-bond acceptors (Lipinski definition) is 10. The van der Waals surface area contributed by atoms with E-state index < -0.39 is 21.7 Å². The molecule has 206 valence electrons. The van der Waals surface area contributed by atoms with E-state index in [1.807, 2.05) is 35.7 Å². The first-order valence-electron chi connectivity index (χ1n) is 12.3. The number of methoxy groups -OCH3 is 1. The molecule has 0 amide bonds. The first-order valence-corrected chi connectivity index (χ1v) is 14.7. The Labute approximate surface area is 230 Å². The Morgan fingerprint density at radius 2 is 1.79 bits per heavy atom. The Hall–Kier alpha value is -2.97. The Morgan fingerprint density at radius 1 is 1.08 bits per heavy atom. The van der Waals surface area contributed by atoms with Crippen LogP contribution in [0.15, 0.2) is 69.3 Å². The van der Waals surface area contributed by atoms with Crippen LogP contribution >= 0.6 is 11.3 Å². The second-order valence-electron chi connectivity index (χ2n) is 9.15. The molecule has 0 radical (unpaired) electrons. The summed E-state index contributed by atoms with van der Waals surface area (Å²) in [5.41, 5.74) is 2.19. The van der Waals surface area contributed by atoms with Crippen molar-refractivity contribution in [3.8, 4) is 22.6 Å². The number of aliphatic hydroxyl groups excluding tert-OH is 1. The molecule has 0 saturated carbocycles. The minimum Gasteiger partial charge on any atom is -0.437 e. The van der Waals surface area contributed by atoms with Gasteiger partial charge in [0.15, 0.2) is 11.9 Å². The quantitative estimate of drug-likeness (QED) is 0.288. The molecule has 1 atom stereocenters. The molecule has 10 nitrogen and oxygen atoms in total. The largest absolute Gasteiger partial charge is 0.437 e. The number of primary sulfonamides is 1. The van der Waals surface area contributed by atoms with Crippen molar-refractivity contribution in [1.82, 2.24) is 9.97 Å². The first kappa shape index (κ1) is 27.6. The summed E-state index contributed by atoms with van der Waals surface area (Å²) in [6.45, 7) is 1.41. The van der Waals surface area contributed by atoms with E-state index in [-0.39, 0.29) is 24.0 Å². The number of aromatic nitrogens is 2. The maximum absolute atomic E-state index is 11.7. The monoisotopic (exact) mass is 571 g/mol. The van der Waals surface area contributed by atoms with Gasteiger partial charge in [0.05, 0.1) is 23.8 Å². The molecule has 2 aromatic heterocycles. The third-order valence-corrected chi connectivity index (χ3v) is 8.59. The van der Waals surface area contributed by atoms with Gasteiger partial charge in [-0.1, -0.05) is 30.3 Å². The summed E-state index contributed by atoms with van der Waals surface area (Å²) >= 11 is 1.53. The van der Waals surface area contributed by atoms with Crippen LogP contribution < -0.4 is 5.14 Å². The second kappa shape index (κ2) is 11.6. The third kappa shape index (κ3) is 6.12. The molecule has 1 unspecified atom stereocenters.